The van der Waals surface area contributed by atoms with E-state index in [2.05, 4.69) is 15.6 Å². The Morgan fingerprint density at radius 1 is 1.11 bits per heavy atom. The molecule has 2 aromatic rings. The maximum atomic E-state index is 13.9. The number of aryl methyl sites for hydroxylation is 1. The average molecular weight is 497 g/mol. The van der Waals surface area contributed by atoms with Gasteiger partial charge >= 0.3 is 0 Å². The Morgan fingerprint density at radius 2 is 1.89 bits per heavy atom. The predicted molar refractivity (Wildman–Crippen MR) is 137 cm³/mol. The highest BCUT2D eigenvalue weighted by Crippen LogP contribution is 2.36. The second kappa shape index (κ2) is 11.4. The smallest absolute Gasteiger partial charge is 0.246 e. The minimum Gasteiger partial charge on any atom is -0.343 e. The number of amides is 2. The number of likely N-dealkylation sites (N-methyl/N-ethyl adjacent to an activating group) is 1. The molecule has 8 heteroatoms. The Kier molecular flexibility index (Phi) is 8.34. The van der Waals surface area contributed by atoms with Gasteiger partial charge < -0.3 is 15.5 Å². The van der Waals surface area contributed by atoms with Crippen LogP contribution in [0.1, 0.15) is 84.5 Å². The van der Waals surface area contributed by atoms with Gasteiger partial charge in [0, 0.05) is 17.5 Å². The zero-order valence-corrected chi connectivity index (χ0v) is 21.7. The van der Waals surface area contributed by atoms with E-state index < -0.39 is 6.04 Å². The lowest BCUT2D eigenvalue weighted by Gasteiger charge is -2.35. The van der Waals surface area contributed by atoms with Gasteiger partial charge in [-0.2, -0.15) is 0 Å². The van der Waals surface area contributed by atoms with E-state index in [1.165, 1.54) is 17.8 Å². The van der Waals surface area contributed by atoms with Crippen molar-refractivity contribution in [2.75, 3.05) is 13.6 Å². The van der Waals surface area contributed by atoms with Crippen LogP contribution in [-0.2, 0) is 9.59 Å². The molecule has 0 bridgehead atoms. The first-order valence-electron chi connectivity index (χ1n) is 12.7. The topological polar surface area (TPSA) is 91.4 Å². The number of carbonyl (C=O) groups excluding carboxylic acids is 3. The van der Waals surface area contributed by atoms with Crippen molar-refractivity contribution in [1.82, 2.24) is 20.5 Å². The van der Waals surface area contributed by atoms with E-state index in [9.17, 15) is 14.4 Å². The Hall–Kier alpha value is -2.58. The molecule has 4 rings (SSSR count). The largest absolute Gasteiger partial charge is 0.343 e. The van der Waals surface area contributed by atoms with Crippen molar-refractivity contribution >= 4 is 28.9 Å². The van der Waals surface area contributed by atoms with E-state index in [1.807, 2.05) is 36.1 Å². The van der Waals surface area contributed by atoms with Gasteiger partial charge in [-0.15, -0.1) is 11.3 Å². The maximum Gasteiger partial charge on any atom is 0.246 e. The van der Waals surface area contributed by atoms with Crippen LogP contribution in [0.3, 0.4) is 0 Å². The van der Waals surface area contributed by atoms with E-state index in [4.69, 9.17) is 0 Å². The molecule has 1 aromatic carbocycles. The third-order valence-electron chi connectivity index (χ3n) is 7.37. The monoisotopic (exact) mass is 496 g/mol. The first-order chi connectivity index (χ1) is 16.9. The molecule has 2 heterocycles. The van der Waals surface area contributed by atoms with Crippen molar-refractivity contribution in [1.29, 1.82) is 0 Å². The summed E-state index contributed by atoms with van der Waals surface area (Å²) in [7, 11) is 1.75. The zero-order chi connectivity index (χ0) is 24.9. The molecule has 1 aliphatic carbocycles. The highest BCUT2D eigenvalue weighted by atomic mass is 32.1. The number of nitrogens with one attached hydrogen (secondary N) is 2. The fourth-order valence-electron chi connectivity index (χ4n) is 5.20. The van der Waals surface area contributed by atoms with Gasteiger partial charge in [0.15, 0.2) is 0 Å². The van der Waals surface area contributed by atoms with Gasteiger partial charge in [-0.05, 0) is 58.6 Å². The molecule has 2 aliphatic rings. The molecule has 3 unspecified atom stereocenters. The average Bonchev–Trinajstić information content (AvgIpc) is 3.56. The Morgan fingerprint density at radius 3 is 2.60 bits per heavy atom. The SMILES string of the molecule is CNC(C)C(=O)NC(C(=O)N1CCCC1c1nc(C(=O)c2cccc(C)c2)cs1)C1CCCCC1. The van der Waals surface area contributed by atoms with Gasteiger partial charge in [-0.1, -0.05) is 43.0 Å². The molecular weight excluding hydrogens is 460 g/mol. The molecule has 2 fully saturated rings. The summed E-state index contributed by atoms with van der Waals surface area (Å²) in [5.74, 6) is -0.106. The summed E-state index contributed by atoms with van der Waals surface area (Å²) >= 11 is 1.44. The highest BCUT2D eigenvalue weighted by Gasteiger charge is 2.40. The molecule has 3 atom stereocenters. The number of aromatic nitrogens is 1. The lowest BCUT2D eigenvalue weighted by atomic mass is 9.83. The van der Waals surface area contributed by atoms with Crippen molar-refractivity contribution in [3.05, 3.63) is 51.5 Å². The van der Waals surface area contributed by atoms with Gasteiger partial charge in [-0.3, -0.25) is 14.4 Å². The van der Waals surface area contributed by atoms with Crippen molar-refractivity contribution < 1.29 is 14.4 Å². The Balaban J connectivity index is 1.53. The van der Waals surface area contributed by atoms with Crippen LogP contribution >= 0.6 is 11.3 Å². The van der Waals surface area contributed by atoms with Crippen LogP contribution in [0.5, 0.6) is 0 Å². The third-order valence-corrected chi connectivity index (χ3v) is 8.31. The molecule has 2 N–H and O–H groups in total. The minimum atomic E-state index is -0.521. The summed E-state index contributed by atoms with van der Waals surface area (Å²) < 4.78 is 0. The fraction of sp³-hybridized carbons (Fsp3) is 0.556. The summed E-state index contributed by atoms with van der Waals surface area (Å²) in [6.07, 6.45) is 6.97. The standard InChI is InChI=1S/C27H36N4O3S/c1-17-9-7-12-20(15-17)24(32)21-16-35-26(29-21)22-13-8-14-31(22)27(34)23(19-10-5-4-6-11-19)30-25(33)18(2)28-3/h7,9,12,15-16,18-19,22-23,28H,4-6,8,10-11,13-14H2,1-3H3,(H,30,33). The van der Waals surface area contributed by atoms with Crippen molar-refractivity contribution in [3.63, 3.8) is 0 Å². The van der Waals surface area contributed by atoms with E-state index >= 15 is 0 Å². The molecule has 188 valence electrons. The number of hydrogen-bond acceptors (Lipinski definition) is 6. The summed E-state index contributed by atoms with van der Waals surface area (Å²) in [6, 6.07) is 6.48. The van der Waals surface area contributed by atoms with Gasteiger partial charge in [-0.25, -0.2) is 4.98 Å². The molecule has 35 heavy (non-hydrogen) atoms. The number of thiazole rings is 1. The summed E-state index contributed by atoms with van der Waals surface area (Å²) in [5.41, 5.74) is 2.08. The molecule has 0 spiro atoms. The van der Waals surface area contributed by atoms with Crippen LogP contribution in [0.2, 0.25) is 0 Å². The minimum absolute atomic E-state index is 0.0159. The molecule has 1 aliphatic heterocycles. The first-order valence-corrected chi connectivity index (χ1v) is 13.6. The summed E-state index contributed by atoms with van der Waals surface area (Å²) in [5, 5.41) is 8.64. The zero-order valence-electron chi connectivity index (χ0n) is 20.9. The predicted octanol–water partition coefficient (Wildman–Crippen LogP) is 4.02. The molecule has 1 saturated heterocycles. The number of hydrogen-bond donors (Lipinski definition) is 2. The third kappa shape index (κ3) is 5.81. The molecule has 1 saturated carbocycles. The molecule has 2 amide bonds. The molecule has 0 radical (unpaired) electrons. The van der Waals surface area contributed by atoms with Crippen LogP contribution in [0.25, 0.3) is 0 Å². The summed E-state index contributed by atoms with van der Waals surface area (Å²) in [6.45, 7) is 4.41. The van der Waals surface area contributed by atoms with E-state index in [-0.39, 0.29) is 35.6 Å². The second-order valence-corrected chi connectivity index (χ2v) is 10.7. The van der Waals surface area contributed by atoms with Crippen LogP contribution in [0.15, 0.2) is 29.6 Å². The number of benzene rings is 1. The van der Waals surface area contributed by atoms with Crippen molar-refractivity contribution in [3.8, 4) is 0 Å². The number of likely N-dealkylation sites (tertiary alicyclic amines) is 1. The number of rotatable bonds is 8. The highest BCUT2D eigenvalue weighted by molar-refractivity contribution is 7.10. The Bertz CT molecular complexity index is 1060. The molecule has 1 aromatic heterocycles. The normalized spacial score (nSPS) is 20.4. The van der Waals surface area contributed by atoms with Gasteiger partial charge in [0.25, 0.3) is 0 Å². The first kappa shape index (κ1) is 25.5. The van der Waals surface area contributed by atoms with Crippen molar-refractivity contribution in [2.24, 2.45) is 5.92 Å². The Labute approximate surface area is 211 Å². The summed E-state index contributed by atoms with van der Waals surface area (Å²) in [4.78, 5) is 46.2. The van der Waals surface area contributed by atoms with Crippen molar-refractivity contribution in [2.45, 2.75) is 76.9 Å². The van der Waals surface area contributed by atoms with Crippen LogP contribution < -0.4 is 10.6 Å². The van der Waals surface area contributed by atoms with Crippen LogP contribution in [0, 0.1) is 12.8 Å². The number of carbonyl (C=O) groups is 3. The number of nitrogens with zero attached hydrogens (tertiary/aromatic N) is 2. The van der Waals surface area contributed by atoms with Crippen LogP contribution in [-0.4, -0.2) is 53.2 Å². The van der Waals surface area contributed by atoms with Gasteiger partial charge in [0.2, 0.25) is 17.6 Å². The molecule has 7 nitrogen and oxygen atoms in total. The van der Waals surface area contributed by atoms with E-state index in [0.717, 1.165) is 49.1 Å². The second-order valence-electron chi connectivity index (χ2n) is 9.85. The lowest BCUT2D eigenvalue weighted by Crippen LogP contribution is -2.55. The lowest BCUT2D eigenvalue weighted by molar-refractivity contribution is -0.139. The van der Waals surface area contributed by atoms with Gasteiger partial charge in [0.1, 0.15) is 16.7 Å². The maximum absolute atomic E-state index is 13.9. The van der Waals surface area contributed by atoms with E-state index in [0.29, 0.717) is 17.8 Å². The number of ketones is 1. The fourth-order valence-corrected chi connectivity index (χ4v) is 6.15. The molecular formula is C27H36N4O3S. The van der Waals surface area contributed by atoms with Gasteiger partial charge in [0.05, 0.1) is 12.1 Å². The van der Waals surface area contributed by atoms with E-state index in [1.54, 1.807) is 19.4 Å². The quantitative estimate of drug-likeness (QED) is 0.539. The van der Waals surface area contributed by atoms with Crippen LogP contribution in [0.4, 0.5) is 0 Å².